The molecule has 1 aliphatic rings. The lowest BCUT2D eigenvalue weighted by Crippen LogP contribution is -2.48. The van der Waals surface area contributed by atoms with E-state index in [0.717, 1.165) is 43.4 Å². The first-order chi connectivity index (χ1) is 10.6. The molecule has 1 aromatic heterocycles. The molecule has 0 spiro atoms. The third-order valence-electron chi connectivity index (χ3n) is 3.79. The highest BCUT2D eigenvalue weighted by Gasteiger charge is 2.23. The Morgan fingerprint density at radius 1 is 1.26 bits per heavy atom. The van der Waals surface area contributed by atoms with Gasteiger partial charge in [-0.05, 0) is 19.1 Å². The van der Waals surface area contributed by atoms with Gasteiger partial charge in [0.1, 0.15) is 5.01 Å². The number of carbonyl (C=O) groups excluding carboxylic acids is 1. The number of amides is 1. The summed E-state index contributed by atoms with van der Waals surface area (Å²) in [7, 11) is 0. The molecule has 1 aliphatic heterocycles. The molecular formula is C16H19Cl2N3OS. The monoisotopic (exact) mass is 371 g/mol. The van der Waals surface area contributed by atoms with E-state index in [2.05, 4.69) is 15.3 Å². The molecule has 2 heterocycles. The minimum absolute atomic E-state index is 0. The van der Waals surface area contributed by atoms with Crippen LogP contribution in [0.2, 0.25) is 5.02 Å². The van der Waals surface area contributed by atoms with Crippen LogP contribution in [-0.2, 0) is 6.54 Å². The zero-order valence-electron chi connectivity index (χ0n) is 12.9. The highest BCUT2D eigenvalue weighted by atomic mass is 35.5. The van der Waals surface area contributed by atoms with Gasteiger partial charge in [0, 0.05) is 37.3 Å². The van der Waals surface area contributed by atoms with Crippen LogP contribution >= 0.6 is 35.3 Å². The van der Waals surface area contributed by atoms with E-state index < -0.39 is 0 Å². The molecule has 0 atom stereocenters. The molecule has 2 aromatic rings. The van der Waals surface area contributed by atoms with Crippen molar-refractivity contribution in [3.8, 4) is 0 Å². The summed E-state index contributed by atoms with van der Waals surface area (Å²) in [6, 6.07) is 7.23. The molecule has 4 nitrogen and oxygen atoms in total. The summed E-state index contributed by atoms with van der Waals surface area (Å²) in [5.41, 5.74) is 1.67. The third-order valence-corrected chi connectivity index (χ3v) is 5.07. The first-order valence-electron chi connectivity index (χ1n) is 7.30. The van der Waals surface area contributed by atoms with Gasteiger partial charge < -0.3 is 4.90 Å². The first kappa shape index (κ1) is 18.2. The van der Waals surface area contributed by atoms with Crippen LogP contribution in [0.15, 0.2) is 29.6 Å². The number of piperazine rings is 1. The van der Waals surface area contributed by atoms with Crippen LogP contribution in [0.5, 0.6) is 0 Å². The molecule has 1 amide bonds. The molecular weight excluding hydrogens is 353 g/mol. The van der Waals surface area contributed by atoms with E-state index in [1.165, 1.54) is 0 Å². The predicted octanol–water partition coefficient (Wildman–Crippen LogP) is 3.48. The van der Waals surface area contributed by atoms with Gasteiger partial charge in [-0.3, -0.25) is 9.69 Å². The number of rotatable bonds is 3. The number of carbonyl (C=O) groups is 1. The summed E-state index contributed by atoms with van der Waals surface area (Å²) in [4.78, 5) is 21.2. The molecule has 0 unspecified atom stereocenters. The number of aryl methyl sites for hydroxylation is 1. The summed E-state index contributed by atoms with van der Waals surface area (Å²) in [6.45, 7) is 6.08. The van der Waals surface area contributed by atoms with Gasteiger partial charge in [0.15, 0.2) is 0 Å². The largest absolute Gasteiger partial charge is 0.336 e. The molecule has 23 heavy (non-hydrogen) atoms. The number of hydrogen-bond acceptors (Lipinski definition) is 4. The van der Waals surface area contributed by atoms with E-state index in [4.69, 9.17) is 11.6 Å². The lowest BCUT2D eigenvalue weighted by atomic mass is 10.2. The first-order valence-corrected chi connectivity index (χ1v) is 8.56. The lowest BCUT2D eigenvalue weighted by molar-refractivity contribution is 0.0628. The molecule has 0 aliphatic carbocycles. The predicted molar refractivity (Wildman–Crippen MR) is 96.7 cm³/mol. The van der Waals surface area contributed by atoms with Gasteiger partial charge in [-0.25, -0.2) is 4.98 Å². The maximum atomic E-state index is 12.5. The van der Waals surface area contributed by atoms with Gasteiger partial charge in [0.2, 0.25) is 0 Å². The van der Waals surface area contributed by atoms with Gasteiger partial charge in [0.05, 0.1) is 17.1 Å². The third kappa shape index (κ3) is 4.44. The Morgan fingerprint density at radius 3 is 2.57 bits per heavy atom. The molecule has 1 saturated heterocycles. The summed E-state index contributed by atoms with van der Waals surface area (Å²) in [6.07, 6.45) is 0. The molecule has 124 valence electrons. The highest BCUT2D eigenvalue weighted by Crippen LogP contribution is 2.19. The normalized spacial score (nSPS) is 15.3. The van der Waals surface area contributed by atoms with Crippen molar-refractivity contribution in [2.24, 2.45) is 0 Å². The van der Waals surface area contributed by atoms with Gasteiger partial charge in [-0.1, -0.05) is 23.7 Å². The van der Waals surface area contributed by atoms with Crippen LogP contribution in [0.4, 0.5) is 0 Å². The fourth-order valence-corrected chi connectivity index (χ4v) is 3.61. The quantitative estimate of drug-likeness (QED) is 0.828. The number of nitrogens with zero attached hydrogens (tertiary/aromatic N) is 3. The molecule has 1 fully saturated rings. The topological polar surface area (TPSA) is 36.4 Å². The van der Waals surface area contributed by atoms with Crippen molar-refractivity contribution in [2.45, 2.75) is 13.5 Å². The van der Waals surface area contributed by atoms with E-state index in [1.807, 2.05) is 24.0 Å². The van der Waals surface area contributed by atoms with Crippen LogP contribution in [-0.4, -0.2) is 46.9 Å². The minimum Gasteiger partial charge on any atom is -0.336 e. The number of hydrogen-bond donors (Lipinski definition) is 0. The van der Waals surface area contributed by atoms with E-state index in [0.29, 0.717) is 10.6 Å². The minimum atomic E-state index is 0. The van der Waals surface area contributed by atoms with Crippen molar-refractivity contribution in [1.29, 1.82) is 0 Å². The van der Waals surface area contributed by atoms with Crippen molar-refractivity contribution in [2.75, 3.05) is 26.2 Å². The smallest absolute Gasteiger partial charge is 0.255 e. The van der Waals surface area contributed by atoms with Crippen molar-refractivity contribution in [3.05, 3.63) is 50.9 Å². The van der Waals surface area contributed by atoms with Crippen LogP contribution in [0.1, 0.15) is 21.1 Å². The molecule has 0 radical (unpaired) electrons. The number of halogens is 2. The SMILES string of the molecule is Cc1csc(CN2CCN(C(=O)c3ccccc3Cl)CC2)n1.Cl. The number of benzene rings is 1. The average molecular weight is 372 g/mol. The average Bonchev–Trinajstić information content (AvgIpc) is 2.93. The molecule has 1 aromatic carbocycles. The summed E-state index contributed by atoms with van der Waals surface area (Å²) in [5, 5.41) is 3.74. The molecule has 0 saturated carbocycles. The van der Waals surface area contributed by atoms with Crippen molar-refractivity contribution in [1.82, 2.24) is 14.8 Å². The molecule has 3 rings (SSSR count). The Kier molecular flexibility index (Phi) is 6.41. The Bertz CT molecular complexity index is 669. The van der Waals surface area contributed by atoms with Crippen LogP contribution in [0.3, 0.4) is 0 Å². The lowest BCUT2D eigenvalue weighted by Gasteiger charge is -2.34. The fraction of sp³-hybridized carbons (Fsp3) is 0.375. The standard InChI is InChI=1S/C16H18ClN3OS.ClH/c1-12-11-22-15(18-12)10-19-6-8-20(9-7-19)16(21)13-4-2-3-5-14(13)17;/h2-5,11H,6-10H2,1H3;1H. The fourth-order valence-electron chi connectivity index (χ4n) is 2.58. The van der Waals surface area contributed by atoms with Crippen molar-refractivity contribution >= 4 is 41.3 Å². The Labute approximate surface area is 151 Å². The summed E-state index contributed by atoms with van der Waals surface area (Å²) < 4.78 is 0. The van der Waals surface area contributed by atoms with Gasteiger partial charge in [0.25, 0.3) is 5.91 Å². The Balaban J connectivity index is 0.00000192. The van der Waals surface area contributed by atoms with Crippen molar-refractivity contribution < 1.29 is 4.79 Å². The molecule has 0 bridgehead atoms. The van der Waals surface area contributed by atoms with E-state index in [9.17, 15) is 4.79 Å². The van der Waals surface area contributed by atoms with Gasteiger partial charge in [-0.2, -0.15) is 0 Å². The van der Waals surface area contributed by atoms with Crippen LogP contribution in [0.25, 0.3) is 0 Å². The Morgan fingerprint density at radius 2 is 1.96 bits per heavy atom. The van der Waals surface area contributed by atoms with E-state index in [-0.39, 0.29) is 18.3 Å². The van der Waals surface area contributed by atoms with Gasteiger partial charge in [-0.15, -0.1) is 23.7 Å². The van der Waals surface area contributed by atoms with Crippen molar-refractivity contribution in [3.63, 3.8) is 0 Å². The van der Waals surface area contributed by atoms with Crippen LogP contribution < -0.4 is 0 Å². The second-order valence-corrected chi connectivity index (χ2v) is 6.78. The maximum Gasteiger partial charge on any atom is 0.255 e. The number of thiazole rings is 1. The zero-order chi connectivity index (χ0) is 15.5. The second kappa shape index (κ2) is 8.11. The molecule has 7 heteroatoms. The van der Waals surface area contributed by atoms with E-state index >= 15 is 0 Å². The zero-order valence-corrected chi connectivity index (χ0v) is 15.3. The summed E-state index contributed by atoms with van der Waals surface area (Å²) >= 11 is 7.81. The Hall–Kier alpha value is -1.14. The van der Waals surface area contributed by atoms with Gasteiger partial charge >= 0.3 is 0 Å². The highest BCUT2D eigenvalue weighted by molar-refractivity contribution is 7.09. The summed E-state index contributed by atoms with van der Waals surface area (Å²) in [5.74, 6) is 0.0235. The number of aromatic nitrogens is 1. The second-order valence-electron chi connectivity index (χ2n) is 5.43. The molecule has 0 N–H and O–H groups in total. The van der Waals surface area contributed by atoms with Crippen LogP contribution in [0, 0.1) is 6.92 Å². The van der Waals surface area contributed by atoms with E-state index in [1.54, 1.807) is 23.5 Å². The maximum absolute atomic E-state index is 12.5.